The molecule has 24 heavy (non-hydrogen) atoms. The molecule has 1 unspecified atom stereocenters. The van der Waals surface area contributed by atoms with Gasteiger partial charge >= 0.3 is 6.09 Å². The molecule has 0 saturated carbocycles. The maximum atomic E-state index is 12.3. The highest BCUT2D eigenvalue weighted by Gasteiger charge is 2.36. The third kappa shape index (κ3) is 3.29. The molecule has 0 saturated heterocycles. The van der Waals surface area contributed by atoms with Gasteiger partial charge in [-0.1, -0.05) is 54.6 Å². The zero-order chi connectivity index (χ0) is 16.9. The summed E-state index contributed by atoms with van der Waals surface area (Å²) in [5.41, 5.74) is 3.52. The molecule has 0 radical (unpaired) electrons. The second-order valence-corrected chi connectivity index (χ2v) is 6.19. The summed E-state index contributed by atoms with van der Waals surface area (Å²) in [6.45, 7) is 0.626. The molecule has 1 aliphatic rings. The zero-order valence-electron chi connectivity index (χ0n) is 13.9. The number of fused-ring (bicyclic) bond motifs is 1. The maximum absolute atomic E-state index is 12.3. The molecule has 1 aliphatic heterocycles. The van der Waals surface area contributed by atoms with Crippen LogP contribution in [-0.4, -0.2) is 36.4 Å². The topological polar surface area (TPSA) is 49.8 Å². The molecule has 2 aromatic rings. The van der Waals surface area contributed by atoms with Gasteiger partial charge < -0.3 is 14.7 Å². The summed E-state index contributed by atoms with van der Waals surface area (Å²) in [5, 5.41) is 10.1. The summed E-state index contributed by atoms with van der Waals surface area (Å²) < 4.78 is 4.99. The number of amides is 1. The summed E-state index contributed by atoms with van der Waals surface area (Å²) in [7, 11) is 1.41. The Balaban J connectivity index is 1.96. The minimum atomic E-state index is -0.332. The van der Waals surface area contributed by atoms with Crippen molar-refractivity contribution < 1.29 is 14.6 Å². The highest BCUT2D eigenvalue weighted by atomic mass is 16.5. The number of rotatable bonds is 4. The van der Waals surface area contributed by atoms with Gasteiger partial charge in [-0.15, -0.1) is 0 Å². The van der Waals surface area contributed by atoms with Crippen molar-refractivity contribution in [1.82, 2.24) is 4.90 Å². The molecule has 0 bridgehead atoms. The first-order valence-corrected chi connectivity index (χ1v) is 8.31. The Labute approximate surface area is 142 Å². The van der Waals surface area contributed by atoms with Crippen molar-refractivity contribution in [2.24, 2.45) is 5.92 Å². The third-order valence-corrected chi connectivity index (χ3v) is 4.76. The molecular weight excluding hydrogens is 302 g/mol. The first-order chi connectivity index (χ1) is 11.7. The molecule has 0 spiro atoms. The van der Waals surface area contributed by atoms with Gasteiger partial charge in [0, 0.05) is 19.1 Å². The van der Waals surface area contributed by atoms with Crippen LogP contribution in [0.4, 0.5) is 4.79 Å². The fourth-order valence-corrected chi connectivity index (χ4v) is 3.62. The van der Waals surface area contributed by atoms with E-state index in [4.69, 9.17) is 4.74 Å². The Bertz CT molecular complexity index is 686. The first kappa shape index (κ1) is 16.5. The zero-order valence-corrected chi connectivity index (χ0v) is 13.9. The molecular formula is C20H23NO3. The van der Waals surface area contributed by atoms with Crippen LogP contribution in [0.3, 0.4) is 0 Å². The summed E-state index contributed by atoms with van der Waals surface area (Å²) in [6.07, 6.45) is 1.19. The van der Waals surface area contributed by atoms with E-state index >= 15 is 0 Å². The van der Waals surface area contributed by atoms with Crippen LogP contribution in [0.25, 0.3) is 0 Å². The van der Waals surface area contributed by atoms with E-state index in [-0.39, 0.29) is 24.7 Å². The number of nitrogens with zero attached hydrogens (tertiary/aromatic N) is 1. The lowest BCUT2D eigenvalue weighted by Gasteiger charge is -2.40. The molecule has 1 heterocycles. The van der Waals surface area contributed by atoms with Gasteiger partial charge in [0.2, 0.25) is 0 Å². The number of carbonyl (C=O) groups excluding carboxylic acids is 1. The van der Waals surface area contributed by atoms with E-state index in [1.807, 2.05) is 30.3 Å². The second kappa shape index (κ2) is 7.49. The molecule has 0 fully saturated rings. The third-order valence-electron chi connectivity index (χ3n) is 4.76. The Hall–Kier alpha value is -2.33. The molecule has 1 amide bonds. The molecule has 126 valence electrons. The van der Waals surface area contributed by atoms with Crippen LogP contribution in [0, 0.1) is 5.92 Å². The van der Waals surface area contributed by atoms with E-state index in [9.17, 15) is 9.90 Å². The molecule has 3 rings (SSSR count). The van der Waals surface area contributed by atoms with Crippen LogP contribution in [-0.2, 0) is 17.6 Å². The highest BCUT2D eigenvalue weighted by molar-refractivity contribution is 5.69. The smallest absolute Gasteiger partial charge is 0.410 e. The van der Waals surface area contributed by atoms with Crippen LogP contribution in [0.5, 0.6) is 0 Å². The summed E-state index contributed by atoms with van der Waals surface area (Å²) in [4.78, 5) is 14.0. The van der Waals surface area contributed by atoms with Crippen molar-refractivity contribution >= 4 is 6.09 Å². The Kier molecular flexibility index (Phi) is 5.16. The molecule has 0 aliphatic carbocycles. The summed E-state index contributed by atoms with van der Waals surface area (Å²) >= 11 is 0. The van der Waals surface area contributed by atoms with Crippen LogP contribution in [0.1, 0.15) is 22.7 Å². The number of methoxy groups -OCH3 is 1. The Morgan fingerprint density at radius 1 is 1.21 bits per heavy atom. The minimum Gasteiger partial charge on any atom is -0.453 e. The number of aliphatic hydroxyl groups is 1. The number of benzene rings is 2. The van der Waals surface area contributed by atoms with Gasteiger partial charge in [-0.05, 0) is 29.5 Å². The van der Waals surface area contributed by atoms with Crippen molar-refractivity contribution in [3.63, 3.8) is 0 Å². The van der Waals surface area contributed by atoms with Gasteiger partial charge in [0.1, 0.15) is 0 Å². The molecule has 4 heteroatoms. The highest BCUT2D eigenvalue weighted by Crippen LogP contribution is 2.37. The predicted molar refractivity (Wildman–Crippen MR) is 92.7 cm³/mol. The monoisotopic (exact) mass is 325 g/mol. The van der Waals surface area contributed by atoms with E-state index < -0.39 is 0 Å². The summed E-state index contributed by atoms with van der Waals surface area (Å²) in [6, 6.07) is 18.1. The normalized spacial score (nSPS) is 17.9. The van der Waals surface area contributed by atoms with Crippen molar-refractivity contribution in [2.75, 3.05) is 20.3 Å². The van der Waals surface area contributed by atoms with Gasteiger partial charge in [-0.2, -0.15) is 0 Å². The van der Waals surface area contributed by atoms with Crippen LogP contribution < -0.4 is 0 Å². The number of ether oxygens (including phenoxy) is 1. The van der Waals surface area contributed by atoms with E-state index in [2.05, 4.69) is 24.3 Å². The van der Waals surface area contributed by atoms with Crippen molar-refractivity contribution in [1.29, 1.82) is 0 Å². The number of aliphatic hydroxyl groups excluding tert-OH is 1. The minimum absolute atomic E-state index is 0.0153. The molecule has 0 aromatic heterocycles. The SMILES string of the molecule is COC(=O)N1CCc2ccccc2C1[C@H](CO)Cc1ccccc1. The molecule has 4 nitrogen and oxygen atoms in total. The van der Waals surface area contributed by atoms with Crippen molar-refractivity contribution in [3.8, 4) is 0 Å². The lowest BCUT2D eigenvalue weighted by atomic mass is 9.82. The van der Waals surface area contributed by atoms with Crippen molar-refractivity contribution in [2.45, 2.75) is 18.9 Å². The standard InChI is InChI=1S/C20H23NO3/c1-24-20(23)21-12-11-16-9-5-6-10-18(16)19(21)17(14-22)13-15-7-3-2-4-8-15/h2-10,17,19,22H,11-14H2,1H3/t17-,19?/m0/s1. The van der Waals surface area contributed by atoms with E-state index in [0.717, 1.165) is 17.5 Å². The molecule has 2 atom stereocenters. The molecule has 2 aromatic carbocycles. The number of hydrogen-bond donors (Lipinski definition) is 1. The van der Waals surface area contributed by atoms with Gasteiger partial charge in [0.05, 0.1) is 13.2 Å². The fraction of sp³-hybridized carbons (Fsp3) is 0.350. The lowest BCUT2D eigenvalue weighted by molar-refractivity contribution is 0.0658. The number of carbonyl (C=O) groups is 1. The second-order valence-electron chi connectivity index (χ2n) is 6.19. The average Bonchev–Trinajstić information content (AvgIpc) is 2.65. The lowest BCUT2D eigenvalue weighted by Crippen LogP contribution is -2.44. The first-order valence-electron chi connectivity index (χ1n) is 8.31. The van der Waals surface area contributed by atoms with Crippen LogP contribution >= 0.6 is 0 Å². The van der Waals surface area contributed by atoms with Crippen LogP contribution in [0.2, 0.25) is 0 Å². The average molecular weight is 325 g/mol. The number of hydrogen-bond acceptors (Lipinski definition) is 3. The van der Waals surface area contributed by atoms with Crippen molar-refractivity contribution in [3.05, 3.63) is 71.3 Å². The van der Waals surface area contributed by atoms with Crippen LogP contribution in [0.15, 0.2) is 54.6 Å². The summed E-state index contributed by atoms with van der Waals surface area (Å²) in [5.74, 6) is -0.0760. The van der Waals surface area contributed by atoms with Gasteiger partial charge in [-0.3, -0.25) is 0 Å². The van der Waals surface area contributed by atoms with Gasteiger partial charge in [0.25, 0.3) is 0 Å². The van der Waals surface area contributed by atoms with E-state index in [0.29, 0.717) is 13.0 Å². The largest absolute Gasteiger partial charge is 0.453 e. The van der Waals surface area contributed by atoms with E-state index in [1.54, 1.807) is 4.90 Å². The maximum Gasteiger partial charge on any atom is 0.410 e. The predicted octanol–water partition coefficient (Wildman–Crippen LogP) is 3.20. The van der Waals surface area contributed by atoms with Gasteiger partial charge in [0.15, 0.2) is 0 Å². The molecule has 1 N–H and O–H groups in total. The quantitative estimate of drug-likeness (QED) is 0.939. The Morgan fingerprint density at radius 3 is 2.62 bits per heavy atom. The Morgan fingerprint density at radius 2 is 1.92 bits per heavy atom. The fourth-order valence-electron chi connectivity index (χ4n) is 3.62. The van der Waals surface area contributed by atoms with Gasteiger partial charge in [-0.25, -0.2) is 4.79 Å². The van der Waals surface area contributed by atoms with E-state index in [1.165, 1.54) is 12.7 Å².